The Morgan fingerprint density at radius 1 is 1.53 bits per heavy atom. The molecule has 0 fully saturated rings. The van der Waals surface area contributed by atoms with Crippen LogP contribution >= 0.6 is 0 Å². The molecule has 104 valence electrons. The maximum atomic E-state index is 11.0. The van der Waals surface area contributed by atoms with E-state index in [1.807, 2.05) is 6.92 Å². The van der Waals surface area contributed by atoms with Crippen LogP contribution in [0.2, 0.25) is 0 Å². The zero-order valence-corrected chi connectivity index (χ0v) is 11.2. The molecule has 0 atom stereocenters. The van der Waals surface area contributed by atoms with Crippen molar-refractivity contribution in [3.05, 3.63) is 28.5 Å². The highest BCUT2D eigenvalue weighted by Gasteiger charge is 2.23. The highest BCUT2D eigenvalue weighted by atomic mass is 16.6. The average molecular weight is 266 g/mol. The van der Waals surface area contributed by atoms with Gasteiger partial charge in [0.2, 0.25) is 5.95 Å². The van der Waals surface area contributed by atoms with Gasteiger partial charge in [0.05, 0.1) is 11.5 Å². The third kappa shape index (κ3) is 4.20. The molecule has 7 nitrogen and oxygen atoms in total. The quantitative estimate of drug-likeness (QED) is 0.336. The lowest BCUT2D eigenvalue weighted by molar-refractivity contribution is -0.387. The number of rotatable bonds is 8. The number of hydrogen-bond donors (Lipinski definition) is 1. The number of aryl methyl sites for hydroxylation is 1. The molecule has 0 unspecified atom stereocenters. The number of nitrogens with one attached hydrogen (secondary N) is 1. The molecule has 0 amide bonds. The zero-order valence-electron chi connectivity index (χ0n) is 11.2. The zero-order chi connectivity index (χ0) is 14.3. The van der Waals surface area contributed by atoms with Crippen molar-refractivity contribution in [1.82, 2.24) is 9.97 Å². The molecule has 19 heavy (non-hydrogen) atoms. The number of nitro groups is 1. The lowest BCUT2D eigenvalue weighted by atomic mass is 10.3. The SMILES string of the molecule is C=CCCCOc1nc(NCC)nc(C)c1[N+](=O)[O-]. The van der Waals surface area contributed by atoms with E-state index >= 15 is 0 Å². The normalized spacial score (nSPS) is 10.0. The largest absolute Gasteiger partial charge is 0.473 e. The van der Waals surface area contributed by atoms with E-state index in [4.69, 9.17) is 4.74 Å². The van der Waals surface area contributed by atoms with Crippen molar-refractivity contribution in [1.29, 1.82) is 0 Å². The molecule has 0 saturated carbocycles. The molecule has 1 N–H and O–H groups in total. The van der Waals surface area contributed by atoms with E-state index in [-0.39, 0.29) is 17.3 Å². The Balaban J connectivity index is 2.95. The van der Waals surface area contributed by atoms with Gasteiger partial charge in [0.25, 0.3) is 5.88 Å². The number of hydrogen-bond acceptors (Lipinski definition) is 6. The first-order chi connectivity index (χ1) is 9.10. The number of aromatic nitrogens is 2. The van der Waals surface area contributed by atoms with Gasteiger partial charge in [-0.3, -0.25) is 10.1 Å². The molecule has 1 rings (SSSR count). The summed E-state index contributed by atoms with van der Waals surface area (Å²) >= 11 is 0. The molecule has 1 aromatic rings. The maximum Gasteiger partial charge on any atom is 0.352 e. The monoisotopic (exact) mass is 266 g/mol. The summed E-state index contributed by atoms with van der Waals surface area (Å²) in [6, 6.07) is 0. The minimum atomic E-state index is -0.520. The van der Waals surface area contributed by atoms with Crippen LogP contribution in [0.15, 0.2) is 12.7 Å². The van der Waals surface area contributed by atoms with E-state index in [2.05, 4.69) is 21.9 Å². The summed E-state index contributed by atoms with van der Waals surface area (Å²) in [6.07, 6.45) is 3.30. The first-order valence-corrected chi connectivity index (χ1v) is 6.10. The van der Waals surface area contributed by atoms with Crippen LogP contribution in [-0.2, 0) is 0 Å². The first kappa shape index (κ1) is 14.9. The van der Waals surface area contributed by atoms with E-state index in [9.17, 15) is 10.1 Å². The van der Waals surface area contributed by atoms with Gasteiger partial charge in [-0.2, -0.15) is 4.98 Å². The van der Waals surface area contributed by atoms with Crippen LogP contribution in [0.25, 0.3) is 0 Å². The van der Waals surface area contributed by atoms with Crippen molar-refractivity contribution in [3.8, 4) is 5.88 Å². The smallest absolute Gasteiger partial charge is 0.352 e. The summed E-state index contributed by atoms with van der Waals surface area (Å²) < 4.78 is 5.39. The van der Waals surface area contributed by atoms with E-state index < -0.39 is 4.92 Å². The van der Waals surface area contributed by atoms with Gasteiger partial charge in [-0.1, -0.05) is 6.08 Å². The Bertz CT molecular complexity index is 463. The second-order valence-electron chi connectivity index (χ2n) is 3.85. The van der Waals surface area contributed by atoms with E-state index in [0.717, 1.165) is 12.8 Å². The second kappa shape index (κ2) is 7.30. The molecule has 0 aliphatic rings. The minimum absolute atomic E-state index is 0.0116. The number of allylic oxidation sites excluding steroid dienone is 1. The third-order valence-corrected chi connectivity index (χ3v) is 2.34. The molecule has 0 saturated heterocycles. The Morgan fingerprint density at radius 3 is 2.84 bits per heavy atom. The topological polar surface area (TPSA) is 90.2 Å². The van der Waals surface area contributed by atoms with Crippen LogP contribution < -0.4 is 10.1 Å². The second-order valence-corrected chi connectivity index (χ2v) is 3.85. The summed E-state index contributed by atoms with van der Waals surface area (Å²) in [6.45, 7) is 8.05. The van der Waals surface area contributed by atoms with Crippen molar-refractivity contribution < 1.29 is 9.66 Å². The molecular weight excluding hydrogens is 248 g/mol. The van der Waals surface area contributed by atoms with Crippen molar-refractivity contribution in [2.75, 3.05) is 18.5 Å². The molecule has 0 aliphatic carbocycles. The van der Waals surface area contributed by atoms with Crippen LogP contribution in [0.1, 0.15) is 25.5 Å². The fourth-order valence-corrected chi connectivity index (χ4v) is 1.49. The van der Waals surface area contributed by atoms with Gasteiger partial charge in [0.1, 0.15) is 5.69 Å². The van der Waals surface area contributed by atoms with E-state index in [0.29, 0.717) is 19.1 Å². The van der Waals surface area contributed by atoms with Gasteiger partial charge in [-0.15, -0.1) is 6.58 Å². The van der Waals surface area contributed by atoms with Gasteiger partial charge in [0, 0.05) is 6.54 Å². The number of ether oxygens (including phenoxy) is 1. The van der Waals surface area contributed by atoms with Crippen LogP contribution in [0.4, 0.5) is 11.6 Å². The standard InChI is InChI=1S/C12H18N4O3/c1-4-6-7-8-19-11-10(16(17)18)9(3)14-12(15-11)13-5-2/h4H,1,5-8H2,2-3H3,(H,13,14,15). The Kier molecular flexibility index (Phi) is 5.72. The van der Waals surface area contributed by atoms with Crippen LogP contribution in [0.3, 0.4) is 0 Å². The lowest BCUT2D eigenvalue weighted by Crippen LogP contribution is -2.09. The van der Waals surface area contributed by atoms with E-state index in [1.54, 1.807) is 13.0 Å². The Morgan fingerprint density at radius 2 is 2.26 bits per heavy atom. The fourth-order valence-electron chi connectivity index (χ4n) is 1.49. The van der Waals surface area contributed by atoms with Crippen molar-refractivity contribution in [2.24, 2.45) is 0 Å². The number of nitrogens with zero attached hydrogens (tertiary/aromatic N) is 3. The summed E-state index contributed by atoms with van der Waals surface area (Å²) in [5.41, 5.74) is 0.106. The van der Waals surface area contributed by atoms with Crippen LogP contribution in [-0.4, -0.2) is 28.0 Å². The summed E-state index contributed by atoms with van der Waals surface area (Å²) in [4.78, 5) is 18.5. The third-order valence-electron chi connectivity index (χ3n) is 2.34. The van der Waals surface area contributed by atoms with Crippen molar-refractivity contribution in [2.45, 2.75) is 26.7 Å². The molecule has 1 heterocycles. The highest BCUT2D eigenvalue weighted by Crippen LogP contribution is 2.28. The average Bonchev–Trinajstić information content (AvgIpc) is 2.34. The predicted molar refractivity (Wildman–Crippen MR) is 72.5 cm³/mol. The van der Waals surface area contributed by atoms with Crippen molar-refractivity contribution >= 4 is 11.6 Å². The number of unbranched alkanes of at least 4 members (excludes halogenated alkanes) is 1. The van der Waals surface area contributed by atoms with Crippen molar-refractivity contribution in [3.63, 3.8) is 0 Å². The molecule has 0 aromatic carbocycles. The number of anilines is 1. The van der Waals surface area contributed by atoms with E-state index in [1.165, 1.54) is 0 Å². The molecule has 0 spiro atoms. The first-order valence-electron chi connectivity index (χ1n) is 6.10. The van der Waals surface area contributed by atoms with Gasteiger partial charge >= 0.3 is 5.69 Å². The summed E-state index contributed by atoms with van der Waals surface area (Å²) in [5, 5.41) is 13.9. The molecule has 1 aromatic heterocycles. The molecule has 0 aliphatic heterocycles. The summed E-state index contributed by atoms with van der Waals surface area (Å²) in [7, 11) is 0. The van der Waals surface area contributed by atoms with Gasteiger partial charge < -0.3 is 10.1 Å². The highest BCUT2D eigenvalue weighted by molar-refractivity contribution is 5.48. The fraction of sp³-hybridized carbons (Fsp3) is 0.500. The maximum absolute atomic E-state index is 11.0. The lowest BCUT2D eigenvalue weighted by Gasteiger charge is -2.09. The van der Waals surface area contributed by atoms with Crippen LogP contribution in [0, 0.1) is 17.0 Å². The van der Waals surface area contributed by atoms with Gasteiger partial charge in [0.15, 0.2) is 0 Å². The van der Waals surface area contributed by atoms with Gasteiger partial charge in [-0.05, 0) is 26.7 Å². The summed E-state index contributed by atoms with van der Waals surface area (Å²) in [5.74, 6) is 0.349. The Hall–Kier alpha value is -2.18. The Labute approximate surface area is 111 Å². The van der Waals surface area contributed by atoms with Gasteiger partial charge in [-0.25, -0.2) is 4.98 Å². The molecule has 0 radical (unpaired) electrons. The molecule has 7 heteroatoms. The van der Waals surface area contributed by atoms with Crippen LogP contribution in [0.5, 0.6) is 5.88 Å². The predicted octanol–water partition coefficient (Wildman–Crippen LogP) is 2.47. The molecular formula is C12H18N4O3. The minimum Gasteiger partial charge on any atom is -0.473 e. The molecule has 0 bridgehead atoms.